The van der Waals surface area contributed by atoms with Gasteiger partial charge in [-0.05, 0) is 67.8 Å². The van der Waals surface area contributed by atoms with Gasteiger partial charge in [0.05, 0.1) is 22.7 Å². The second kappa shape index (κ2) is 9.91. The Labute approximate surface area is 218 Å². The van der Waals surface area contributed by atoms with Crippen LogP contribution in [0.2, 0.25) is 0 Å². The van der Waals surface area contributed by atoms with E-state index in [1.807, 2.05) is 53.1 Å². The van der Waals surface area contributed by atoms with Gasteiger partial charge in [0, 0.05) is 29.0 Å². The molecule has 5 rings (SSSR count). The molecule has 188 valence electrons. The van der Waals surface area contributed by atoms with Crippen LogP contribution in [-0.2, 0) is 17.6 Å². The Balaban J connectivity index is 1.42. The highest BCUT2D eigenvalue weighted by atomic mass is 32.2. The molecule has 2 N–H and O–H groups in total. The van der Waals surface area contributed by atoms with Gasteiger partial charge in [0.15, 0.2) is 0 Å². The van der Waals surface area contributed by atoms with Crippen LogP contribution in [0.5, 0.6) is 0 Å². The summed E-state index contributed by atoms with van der Waals surface area (Å²) in [7, 11) is 0. The first kappa shape index (κ1) is 24.8. The summed E-state index contributed by atoms with van der Waals surface area (Å²) in [6, 6.07) is 20.3. The van der Waals surface area contributed by atoms with Crippen LogP contribution in [0, 0.1) is 0 Å². The predicted molar refractivity (Wildman–Crippen MR) is 147 cm³/mol. The van der Waals surface area contributed by atoms with Crippen molar-refractivity contribution in [1.82, 2.24) is 10.3 Å². The van der Waals surface area contributed by atoms with E-state index in [-0.39, 0.29) is 11.4 Å². The molecular formula is C30H35N3O2S. The van der Waals surface area contributed by atoms with Gasteiger partial charge in [-0.25, -0.2) is 9.78 Å². The molecule has 0 unspecified atom stereocenters. The average molecular weight is 502 g/mol. The van der Waals surface area contributed by atoms with Crippen molar-refractivity contribution < 1.29 is 9.90 Å². The standard InChI is InChI=1S/C30H35N3O2S/c1-4-36-22-13-11-21(12-14-22)19-31-28(34)33-20-30(17-7-8-18-30)27-26(33)16-15-25(32-27)23-9-5-6-10-24(23)29(2,3)35/h5-6,9-16,35H,4,7-8,17-20H2,1-3H3,(H,31,34). The molecule has 2 aromatic carbocycles. The van der Waals surface area contributed by atoms with Crippen molar-refractivity contribution in [3.05, 3.63) is 77.5 Å². The van der Waals surface area contributed by atoms with Gasteiger partial charge < -0.3 is 10.4 Å². The number of hydrogen-bond acceptors (Lipinski definition) is 4. The smallest absolute Gasteiger partial charge is 0.322 e. The maximum atomic E-state index is 13.4. The van der Waals surface area contributed by atoms with Crippen LogP contribution in [0.4, 0.5) is 10.5 Å². The number of anilines is 1. The first-order valence-electron chi connectivity index (χ1n) is 12.9. The Morgan fingerprint density at radius 2 is 1.81 bits per heavy atom. The molecule has 1 aliphatic heterocycles. The van der Waals surface area contributed by atoms with Gasteiger partial charge in [0.1, 0.15) is 0 Å². The highest BCUT2D eigenvalue weighted by Gasteiger charge is 2.48. The van der Waals surface area contributed by atoms with Crippen molar-refractivity contribution in [1.29, 1.82) is 0 Å². The number of pyridine rings is 1. The Kier molecular flexibility index (Phi) is 6.84. The van der Waals surface area contributed by atoms with E-state index in [4.69, 9.17) is 4.98 Å². The molecule has 3 aromatic rings. The van der Waals surface area contributed by atoms with Crippen LogP contribution >= 0.6 is 11.8 Å². The minimum atomic E-state index is -0.971. The lowest BCUT2D eigenvalue weighted by atomic mass is 9.84. The molecule has 1 fully saturated rings. The average Bonchev–Trinajstić information content (AvgIpc) is 3.48. The molecule has 1 spiro atoms. The van der Waals surface area contributed by atoms with E-state index in [0.717, 1.165) is 65.2 Å². The van der Waals surface area contributed by atoms with Crippen LogP contribution in [0.1, 0.15) is 63.3 Å². The highest BCUT2D eigenvalue weighted by molar-refractivity contribution is 7.99. The van der Waals surface area contributed by atoms with Crippen molar-refractivity contribution in [2.45, 2.75) is 68.9 Å². The number of aliphatic hydroxyl groups is 1. The number of nitrogens with one attached hydrogen (secondary N) is 1. The van der Waals surface area contributed by atoms with Gasteiger partial charge in [-0.15, -0.1) is 11.8 Å². The van der Waals surface area contributed by atoms with Gasteiger partial charge in [-0.2, -0.15) is 0 Å². The topological polar surface area (TPSA) is 65.5 Å². The third kappa shape index (κ3) is 4.76. The molecule has 36 heavy (non-hydrogen) atoms. The summed E-state index contributed by atoms with van der Waals surface area (Å²) in [5.41, 5.74) is 4.61. The second-order valence-electron chi connectivity index (χ2n) is 10.5. The van der Waals surface area contributed by atoms with Crippen molar-refractivity contribution in [3.8, 4) is 11.3 Å². The molecule has 2 amide bonds. The van der Waals surface area contributed by atoms with E-state index in [0.29, 0.717) is 13.1 Å². The highest BCUT2D eigenvalue weighted by Crippen LogP contribution is 2.50. The number of nitrogens with zero attached hydrogens (tertiary/aromatic N) is 2. The summed E-state index contributed by atoms with van der Waals surface area (Å²) >= 11 is 1.82. The van der Waals surface area contributed by atoms with E-state index in [1.165, 1.54) is 4.90 Å². The van der Waals surface area contributed by atoms with Crippen LogP contribution < -0.4 is 10.2 Å². The summed E-state index contributed by atoms with van der Waals surface area (Å²) in [5.74, 6) is 1.05. The zero-order valence-corrected chi connectivity index (χ0v) is 22.2. The fraction of sp³-hybridized carbons (Fsp3) is 0.400. The number of amides is 2. The normalized spacial score (nSPS) is 16.4. The third-order valence-corrected chi connectivity index (χ3v) is 8.37. The van der Waals surface area contributed by atoms with E-state index in [9.17, 15) is 9.90 Å². The molecular weight excluding hydrogens is 466 g/mol. The van der Waals surface area contributed by atoms with Crippen LogP contribution in [-0.4, -0.2) is 28.4 Å². The number of aromatic nitrogens is 1. The zero-order chi connectivity index (χ0) is 25.3. The summed E-state index contributed by atoms with van der Waals surface area (Å²) in [6.07, 6.45) is 4.40. The quantitative estimate of drug-likeness (QED) is 0.372. The minimum Gasteiger partial charge on any atom is -0.386 e. The summed E-state index contributed by atoms with van der Waals surface area (Å²) in [5, 5.41) is 13.9. The molecule has 0 radical (unpaired) electrons. The van der Waals surface area contributed by atoms with Crippen LogP contribution in [0.15, 0.2) is 65.6 Å². The third-order valence-electron chi connectivity index (χ3n) is 7.47. The maximum absolute atomic E-state index is 13.4. The molecule has 1 aliphatic carbocycles. The van der Waals surface area contributed by atoms with Gasteiger partial charge >= 0.3 is 6.03 Å². The lowest BCUT2D eigenvalue weighted by Gasteiger charge is -2.24. The lowest BCUT2D eigenvalue weighted by Crippen LogP contribution is -2.41. The van der Waals surface area contributed by atoms with Gasteiger partial charge in [0.2, 0.25) is 0 Å². The first-order valence-corrected chi connectivity index (χ1v) is 13.9. The molecule has 2 heterocycles. The Bertz CT molecular complexity index is 1240. The molecule has 1 aromatic heterocycles. The Hall–Kier alpha value is -2.83. The maximum Gasteiger partial charge on any atom is 0.322 e. The monoisotopic (exact) mass is 501 g/mol. The summed E-state index contributed by atoms with van der Waals surface area (Å²) in [6.45, 7) is 6.93. The Morgan fingerprint density at radius 3 is 2.50 bits per heavy atom. The predicted octanol–water partition coefficient (Wildman–Crippen LogP) is 6.63. The first-order chi connectivity index (χ1) is 17.3. The molecule has 0 bridgehead atoms. The van der Waals surface area contributed by atoms with Gasteiger partial charge in [-0.3, -0.25) is 4.90 Å². The van der Waals surface area contributed by atoms with Crippen molar-refractivity contribution >= 4 is 23.5 Å². The summed E-state index contributed by atoms with van der Waals surface area (Å²) in [4.78, 5) is 21.7. The molecule has 6 heteroatoms. The SMILES string of the molecule is CCSc1ccc(CNC(=O)N2CC3(CCCC3)c3nc(-c4ccccc4C(C)(C)O)ccc32)cc1. The van der Waals surface area contributed by atoms with Crippen LogP contribution in [0.3, 0.4) is 0 Å². The molecule has 0 saturated heterocycles. The Morgan fingerprint density at radius 1 is 1.08 bits per heavy atom. The number of carbonyl (C=O) groups excluding carboxylic acids is 1. The summed E-state index contributed by atoms with van der Waals surface area (Å²) < 4.78 is 0. The number of hydrogen-bond donors (Lipinski definition) is 2. The minimum absolute atomic E-state index is 0.0709. The fourth-order valence-electron chi connectivity index (χ4n) is 5.68. The lowest BCUT2D eigenvalue weighted by molar-refractivity contribution is 0.0792. The fourth-order valence-corrected chi connectivity index (χ4v) is 6.35. The number of thioether (sulfide) groups is 1. The number of rotatable bonds is 6. The van der Waals surface area contributed by atoms with Gasteiger partial charge in [-0.1, -0.05) is 56.2 Å². The number of carbonyl (C=O) groups is 1. The number of urea groups is 1. The van der Waals surface area contributed by atoms with Crippen LogP contribution in [0.25, 0.3) is 11.3 Å². The number of benzene rings is 2. The second-order valence-corrected chi connectivity index (χ2v) is 11.8. The molecule has 1 saturated carbocycles. The van der Waals surface area contributed by atoms with E-state index >= 15 is 0 Å². The largest absolute Gasteiger partial charge is 0.386 e. The van der Waals surface area contributed by atoms with Crippen molar-refractivity contribution in [2.75, 3.05) is 17.2 Å². The van der Waals surface area contributed by atoms with E-state index < -0.39 is 5.60 Å². The zero-order valence-electron chi connectivity index (χ0n) is 21.4. The number of fused-ring (bicyclic) bond motifs is 2. The molecule has 2 aliphatic rings. The molecule has 5 nitrogen and oxygen atoms in total. The van der Waals surface area contributed by atoms with Crippen molar-refractivity contribution in [3.63, 3.8) is 0 Å². The van der Waals surface area contributed by atoms with Gasteiger partial charge in [0.25, 0.3) is 0 Å². The van der Waals surface area contributed by atoms with E-state index in [1.54, 1.807) is 13.8 Å². The van der Waals surface area contributed by atoms with Crippen molar-refractivity contribution in [2.24, 2.45) is 0 Å². The van der Waals surface area contributed by atoms with E-state index in [2.05, 4.69) is 36.5 Å². The molecule has 0 atom stereocenters.